The highest BCUT2D eigenvalue weighted by molar-refractivity contribution is 5.76. The van der Waals surface area contributed by atoms with Crippen LogP contribution >= 0.6 is 0 Å². The Morgan fingerprint density at radius 3 is 1.15 bits per heavy atom. The summed E-state index contributed by atoms with van der Waals surface area (Å²) in [5.74, 6) is -0.256. The number of unbranched alkanes of at least 4 members (excludes halogenated alkanes) is 39. The van der Waals surface area contributed by atoms with Crippen molar-refractivity contribution in [2.75, 3.05) is 19.8 Å². The predicted molar refractivity (Wildman–Crippen MR) is 346 cm³/mol. The molecular weight excluding hydrogens is 1070 g/mol. The first-order valence-corrected chi connectivity index (χ1v) is 35.4. The van der Waals surface area contributed by atoms with E-state index in [0.717, 1.165) is 51.4 Å². The molecule has 2 aliphatic rings. The van der Waals surface area contributed by atoms with Crippen LogP contribution in [0.15, 0.2) is 48.6 Å². The Hall–Kier alpha value is -2.05. The van der Waals surface area contributed by atoms with Crippen LogP contribution in [0.25, 0.3) is 0 Å². The van der Waals surface area contributed by atoms with Gasteiger partial charge in [0.05, 0.1) is 32.0 Å². The monoisotopic (exact) mass is 1210 g/mol. The van der Waals surface area contributed by atoms with Gasteiger partial charge in [-0.3, -0.25) is 4.79 Å². The lowest BCUT2D eigenvalue weighted by atomic mass is 9.97. The van der Waals surface area contributed by atoms with Crippen molar-refractivity contribution in [2.45, 2.75) is 376 Å². The summed E-state index contributed by atoms with van der Waals surface area (Å²) >= 11 is 0. The second-order valence-electron chi connectivity index (χ2n) is 25.0. The van der Waals surface area contributed by atoms with Gasteiger partial charge in [-0.05, 0) is 70.6 Å². The third-order valence-corrected chi connectivity index (χ3v) is 17.2. The van der Waals surface area contributed by atoms with E-state index >= 15 is 0 Å². The molecule has 12 unspecified atom stereocenters. The number of nitrogens with one attached hydrogen (secondary N) is 1. The molecule has 85 heavy (non-hydrogen) atoms. The molecule has 498 valence electrons. The summed E-state index contributed by atoms with van der Waals surface area (Å²) < 4.78 is 22.8. The molecule has 2 rings (SSSR count). The molecule has 12 atom stereocenters. The van der Waals surface area contributed by atoms with E-state index in [-0.39, 0.29) is 18.9 Å². The van der Waals surface area contributed by atoms with Crippen LogP contribution in [0, 0.1) is 0 Å². The molecule has 0 bridgehead atoms. The Balaban J connectivity index is 1.68. The van der Waals surface area contributed by atoms with Crippen LogP contribution in [0.3, 0.4) is 0 Å². The van der Waals surface area contributed by atoms with Gasteiger partial charge in [-0.25, -0.2) is 0 Å². The van der Waals surface area contributed by atoms with E-state index in [1.807, 2.05) is 6.08 Å². The molecule has 14 nitrogen and oxygen atoms in total. The first kappa shape index (κ1) is 79.0. The number of allylic oxidation sites excluding steroid dienone is 7. The molecule has 2 heterocycles. The van der Waals surface area contributed by atoms with Crippen molar-refractivity contribution in [3.05, 3.63) is 48.6 Å². The van der Waals surface area contributed by atoms with Crippen LogP contribution in [-0.4, -0.2) is 140 Å². The molecule has 2 fully saturated rings. The van der Waals surface area contributed by atoms with Crippen LogP contribution in [0.4, 0.5) is 0 Å². The molecular formula is C71H131NO13. The van der Waals surface area contributed by atoms with Gasteiger partial charge in [-0.15, -0.1) is 0 Å². The summed E-state index contributed by atoms with van der Waals surface area (Å²) in [4.78, 5) is 13.3. The zero-order valence-electron chi connectivity index (χ0n) is 54.1. The second-order valence-corrected chi connectivity index (χ2v) is 25.0. The summed E-state index contributed by atoms with van der Waals surface area (Å²) in [6.07, 6.45) is 56.1. The minimum absolute atomic E-state index is 0.256. The average molecular weight is 1210 g/mol. The van der Waals surface area contributed by atoms with E-state index in [1.54, 1.807) is 6.08 Å². The molecule has 14 heteroatoms. The van der Waals surface area contributed by atoms with Gasteiger partial charge in [-0.2, -0.15) is 0 Å². The summed E-state index contributed by atoms with van der Waals surface area (Å²) in [5, 5.41) is 87.3. The van der Waals surface area contributed by atoms with Crippen LogP contribution < -0.4 is 5.32 Å². The number of ether oxygens (including phenoxy) is 4. The zero-order valence-corrected chi connectivity index (χ0v) is 54.1. The number of hydrogen-bond donors (Lipinski definition) is 9. The Labute approximate surface area is 518 Å². The predicted octanol–water partition coefficient (Wildman–Crippen LogP) is 14.3. The van der Waals surface area contributed by atoms with Crippen LogP contribution in [0.5, 0.6) is 0 Å². The summed E-state index contributed by atoms with van der Waals surface area (Å²) in [6, 6.07) is -0.942. The normalized spacial score (nSPS) is 23.8. The van der Waals surface area contributed by atoms with Crippen molar-refractivity contribution >= 4 is 5.91 Å². The van der Waals surface area contributed by atoms with Gasteiger partial charge < -0.3 is 65.1 Å². The lowest BCUT2D eigenvalue weighted by Crippen LogP contribution is -2.65. The standard InChI is InChI=1S/C71H131NO13/c1-3-5-7-9-11-13-15-17-19-21-23-24-25-26-27-28-29-30-31-32-33-34-35-36-37-38-40-42-44-46-48-50-52-54-60(75)59(72-63(76)55-53-51-49-47-45-43-41-39-22-20-18-16-14-12-10-8-6-4-2)58-82-70-68(81)66(79)69(62(57-74)84-70)85-71-67(80)65(78)64(77)61(56-73)83-71/h20,22,37-38,44,46,52,54,59-62,64-71,73-75,77-81H,3-19,21,23-36,39-43,45,47-51,53,55-58H2,1-2H3,(H,72,76)/b22-20-,38-37+,46-44+,54-52+. The number of aliphatic hydroxyl groups excluding tert-OH is 8. The first-order chi connectivity index (χ1) is 41.6. The number of amides is 1. The smallest absolute Gasteiger partial charge is 0.220 e. The first-order valence-electron chi connectivity index (χ1n) is 35.4. The van der Waals surface area contributed by atoms with Crippen LogP contribution in [0.2, 0.25) is 0 Å². The zero-order chi connectivity index (χ0) is 61.6. The highest BCUT2D eigenvalue weighted by atomic mass is 16.7. The maximum absolute atomic E-state index is 13.3. The maximum atomic E-state index is 13.3. The molecule has 0 radical (unpaired) electrons. The third kappa shape index (κ3) is 40.3. The second kappa shape index (κ2) is 56.0. The number of hydrogen-bond acceptors (Lipinski definition) is 13. The maximum Gasteiger partial charge on any atom is 0.220 e. The van der Waals surface area contributed by atoms with Crippen molar-refractivity contribution in [1.29, 1.82) is 0 Å². The van der Waals surface area contributed by atoms with E-state index in [2.05, 4.69) is 55.6 Å². The van der Waals surface area contributed by atoms with Crippen molar-refractivity contribution in [3.8, 4) is 0 Å². The SMILES string of the molecule is CCCCCCCCC/C=C\CCCCCCCCCC(=O)NC(COC1OC(CO)C(OC2OC(CO)C(O)C(O)C2O)C(O)C1O)C(O)/C=C/CC/C=C/CC/C=C/CCCCCCCCCCCCCCCCCCCCCCCCC. The van der Waals surface area contributed by atoms with Crippen LogP contribution in [0.1, 0.15) is 303 Å². The minimum atomic E-state index is -1.79. The number of carbonyl (C=O) groups is 1. The molecule has 0 aromatic heterocycles. The van der Waals surface area contributed by atoms with Gasteiger partial charge in [0, 0.05) is 6.42 Å². The van der Waals surface area contributed by atoms with Gasteiger partial charge in [-0.1, -0.05) is 274 Å². The molecule has 0 aromatic rings. The Morgan fingerprint density at radius 2 is 0.753 bits per heavy atom. The fraction of sp³-hybridized carbons (Fsp3) is 0.873. The summed E-state index contributed by atoms with van der Waals surface area (Å²) in [5.41, 5.74) is 0. The molecule has 2 saturated heterocycles. The van der Waals surface area contributed by atoms with Gasteiger partial charge in [0.15, 0.2) is 12.6 Å². The Kier molecular flexibility index (Phi) is 52.1. The Morgan fingerprint density at radius 1 is 0.412 bits per heavy atom. The van der Waals surface area contributed by atoms with E-state index in [9.17, 15) is 45.6 Å². The Bertz CT molecular complexity index is 1610. The van der Waals surface area contributed by atoms with Gasteiger partial charge in [0.2, 0.25) is 5.91 Å². The fourth-order valence-corrected chi connectivity index (χ4v) is 11.6. The summed E-state index contributed by atoms with van der Waals surface area (Å²) in [6.45, 7) is 2.80. The minimum Gasteiger partial charge on any atom is -0.394 e. The summed E-state index contributed by atoms with van der Waals surface area (Å²) in [7, 11) is 0. The molecule has 0 spiro atoms. The largest absolute Gasteiger partial charge is 0.394 e. The van der Waals surface area contributed by atoms with Crippen LogP contribution in [-0.2, 0) is 23.7 Å². The lowest BCUT2D eigenvalue weighted by molar-refractivity contribution is -0.359. The van der Waals surface area contributed by atoms with E-state index < -0.39 is 86.8 Å². The van der Waals surface area contributed by atoms with Crippen molar-refractivity contribution in [3.63, 3.8) is 0 Å². The molecule has 0 aromatic carbocycles. The van der Waals surface area contributed by atoms with Gasteiger partial charge >= 0.3 is 0 Å². The third-order valence-electron chi connectivity index (χ3n) is 17.2. The average Bonchev–Trinajstić information content (AvgIpc) is 3.69. The molecule has 0 saturated carbocycles. The highest BCUT2D eigenvalue weighted by Gasteiger charge is 2.51. The van der Waals surface area contributed by atoms with E-state index in [1.165, 1.54) is 218 Å². The van der Waals surface area contributed by atoms with Gasteiger partial charge in [0.1, 0.15) is 48.8 Å². The quantitative estimate of drug-likeness (QED) is 0.0204. The molecule has 9 N–H and O–H groups in total. The van der Waals surface area contributed by atoms with E-state index in [4.69, 9.17) is 18.9 Å². The van der Waals surface area contributed by atoms with Crippen molar-refractivity contribution < 1.29 is 64.6 Å². The molecule has 0 aliphatic carbocycles. The lowest BCUT2D eigenvalue weighted by Gasteiger charge is -2.46. The highest BCUT2D eigenvalue weighted by Crippen LogP contribution is 2.30. The molecule has 1 amide bonds. The van der Waals surface area contributed by atoms with Gasteiger partial charge in [0.25, 0.3) is 0 Å². The number of carbonyl (C=O) groups excluding carboxylic acids is 1. The fourth-order valence-electron chi connectivity index (χ4n) is 11.6. The number of aliphatic hydroxyl groups is 8. The molecule has 2 aliphatic heterocycles. The van der Waals surface area contributed by atoms with E-state index in [0.29, 0.717) is 12.8 Å². The van der Waals surface area contributed by atoms with Crippen molar-refractivity contribution in [2.24, 2.45) is 0 Å². The van der Waals surface area contributed by atoms with Crippen molar-refractivity contribution in [1.82, 2.24) is 5.32 Å². The topological polar surface area (TPSA) is 228 Å². The number of rotatable bonds is 58.